The molecular formula is C26H21F3N2O3. The highest BCUT2D eigenvalue weighted by atomic mass is 19.4. The lowest BCUT2D eigenvalue weighted by atomic mass is 10.0. The number of morpholine rings is 1. The monoisotopic (exact) mass is 466 g/mol. The molecule has 0 bridgehead atoms. The Morgan fingerprint density at radius 3 is 2.26 bits per heavy atom. The van der Waals surface area contributed by atoms with Crippen molar-refractivity contribution in [2.24, 2.45) is 0 Å². The molecule has 0 spiro atoms. The van der Waals surface area contributed by atoms with Gasteiger partial charge in [-0.25, -0.2) is 4.98 Å². The number of ether oxygens (including phenoxy) is 2. The molecule has 8 heteroatoms. The molecular weight excluding hydrogens is 445 g/mol. The first-order chi connectivity index (χ1) is 16.4. The molecule has 5 nitrogen and oxygen atoms in total. The lowest BCUT2D eigenvalue weighted by Gasteiger charge is -2.32. The SMILES string of the molecule is O=C(C=C1c2ccccc2-c2ccccc21)N1CCOC(COc2ccc(C(F)(F)F)cn2)C1. The van der Waals surface area contributed by atoms with E-state index in [2.05, 4.69) is 17.1 Å². The lowest BCUT2D eigenvalue weighted by Crippen LogP contribution is -2.47. The highest BCUT2D eigenvalue weighted by molar-refractivity contribution is 6.08. The first-order valence-electron chi connectivity index (χ1n) is 10.9. The van der Waals surface area contributed by atoms with Crippen LogP contribution in [0.15, 0.2) is 72.9 Å². The zero-order chi connectivity index (χ0) is 23.7. The largest absolute Gasteiger partial charge is 0.475 e. The van der Waals surface area contributed by atoms with E-state index >= 15 is 0 Å². The van der Waals surface area contributed by atoms with Crippen molar-refractivity contribution < 1.29 is 27.4 Å². The molecule has 5 rings (SSSR count). The van der Waals surface area contributed by atoms with Gasteiger partial charge in [-0.05, 0) is 33.9 Å². The summed E-state index contributed by atoms with van der Waals surface area (Å²) in [7, 11) is 0. The van der Waals surface area contributed by atoms with Crippen molar-refractivity contribution in [3.63, 3.8) is 0 Å². The third kappa shape index (κ3) is 4.41. The van der Waals surface area contributed by atoms with E-state index in [1.807, 2.05) is 36.4 Å². The van der Waals surface area contributed by atoms with Gasteiger partial charge in [0.05, 0.1) is 18.7 Å². The molecule has 34 heavy (non-hydrogen) atoms. The smallest absolute Gasteiger partial charge is 0.417 e. The van der Waals surface area contributed by atoms with Crippen molar-refractivity contribution in [2.75, 3.05) is 26.3 Å². The third-order valence-electron chi connectivity index (χ3n) is 5.92. The number of halogens is 3. The first-order valence-corrected chi connectivity index (χ1v) is 10.9. The number of alkyl halides is 3. The van der Waals surface area contributed by atoms with Crippen LogP contribution in [0.5, 0.6) is 5.88 Å². The predicted octanol–water partition coefficient (Wildman–Crippen LogP) is 4.82. The van der Waals surface area contributed by atoms with Gasteiger partial charge in [0.1, 0.15) is 12.7 Å². The summed E-state index contributed by atoms with van der Waals surface area (Å²) >= 11 is 0. The van der Waals surface area contributed by atoms with E-state index in [-0.39, 0.29) is 18.4 Å². The van der Waals surface area contributed by atoms with Crippen molar-refractivity contribution in [3.05, 3.63) is 89.6 Å². The number of carbonyl (C=O) groups is 1. The van der Waals surface area contributed by atoms with Crippen LogP contribution in [-0.2, 0) is 15.7 Å². The number of hydrogen-bond donors (Lipinski definition) is 0. The highest BCUT2D eigenvalue weighted by Crippen LogP contribution is 2.43. The summed E-state index contributed by atoms with van der Waals surface area (Å²) in [6.07, 6.45) is -2.46. The van der Waals surface area contributed by atoms with Crippen molar-refractivity contribution >= 4 is 11.5 Å². The molecule has 1 aliphatic carbocycles. The van der Waals surface area contributed by atoms with E-state index in [1.165, 1.54) is 6.07 Å². The fourth-order valence-electron chi connectivity index (χ4n) is 4.25. The molecule has 0 radical (unpaired) electrons. The van der Waals surface area contributed by atoms with E-state index in [9.17, 15) is 18.0 Å². The van der Waals surface area contributed by atoms with Crippen LogP contribution in [0.2, 0.25) is 0 Å². The zero-order valence-electron chi connectivity index (χ0n) is 18.1. The Morgan fingerprint density at radius 1 is 1.03 bits per heavy atom. The van der Waals surface area contributed by atoms with Crippen LogP contribution in [0, 0.1) is 0 Å². The Hall–Kier alpha value is -3.65. The van der Waals surface area contributed by atoms with Crippen LogP contribution in [0.3, 0.4) is 0 Å². The van der Waals surface area contributed by atoms with Gasteiger partial charge in [-0.1, -0.05) is 48.5 Å². The molecule has 1 amide bonds. The van der Waals surface area contributed by atoms with Gasteiger partial charge in [-0.15, -0.1) is 0 Å². The molecule has 3 aromatic rings. The van der Waals surface area contributed by atoms with Gasteiger partial charge < -0.3 is 14.4 Å². The second kappa shape index (κ2) is 8.95. The fourth-order valence-corrected chi connectivity index (χ4v) is 4.25. The maximum absolute atomic E-state index is 13.2. The molecule has 0 N–H and O–H groups in total. The van der Waals surface area contributed by atoms with Crippen LogP contribution in [0.4, 0.5) is 13.2 Å². The maximum atomic E-state index is 13.2. The van der Waals surface area contributed by atoms with Crippen molar-refractivity contribution in [3.8, 4) is 17.0 Å². The van der Waals surface area contributed by atoms with Gasteiger partial charge in [0.2, 0.25) is 11.8 Å². The summed E-state index contributed by atoms with van der Waals surface area (Å²) in [5, 5.41) is 0. The molecule has 0 saturated carbocycles. The quantitative estimate of drug-likeness (QED) is 0.405. The van der Waals surface area contributed by atoms with Crippen LogP contribution in [-0.4, -0.2) is 48.2 Å². The molecule has 174 valence electrons. The van der Waals surface area contributed by atoms with E-state index in [0.717, 1.165) is 40.1 Å². The number of carbonyl (C=O) groups excluding carboxylic acids is 1. The number of fused-ring (bicyclic) bond motifs is 3. The maximum Gasteiger partial charge on any atom is 0.417 e. The minimum absolute atomic E-state index is 0.0707. The Balaban J connectivity index is 1.26. The zero-order valence-corrected chi connectivity index (χ0v) is 18.1. The molecule has 1 aliphatic heterocycles. The third-order valence-corrected chi connectivity index (χ3v) is 5.92. The summed E-state index contributed by atoms with van der Waals surface area (Å²) < 4.78 is 49.2. The van der Waals surface area contributed by atoms with Gasteiger partial charge >= 0.3 is 6.18 Å². The number of pyridine rings is 1. The number of rotatable bonds is 4. The van der Waals surface area contributed by atoms with Crippen LogP contribution in [0.1, 0.15) is 16.7 Å². The van der Waals surface area contributed by atoms with Crippen molar-refractivity contribution in [2.45, 2.75) is 12.3 Å². The lowest BCUT2D eigenvalue weighted by molar-refractivity contribution is -0.137. The van der Waals surface area contributed by atoms with Crippen molar-refractivity contribution in [1.29, 1.82) is 0 Å². The van der Waals surface area contributed by atoms with Crippen molar-refractivity contribution in [1.82, 2.24) is 9.88 Å². The summed E-state index contributed by atoms with van der Waals surface area (Å²) in [5.41, 5.74) is 4.32. The van der Waals surface area contributed by atoms with E-state index in [0.29, 0.717) is 19.7 Å². The Bertz CT molecular complexity index is 1190. The molecule has 2 aromatic carbocycles. The standard InChI is InChI=1S/C26H21F3N2O3/c27-26(28,29)17-9-10-24(30-14-17)34-16-18-15-31(11-12-33-18)25(32)13-23-21-7-3-1-5-19(21)20-6-2-4-8-22(20)23/h1-10,13-14,18H,11-12,15-16H2. The highest BCUT2D eigenvalue weighted by Gasteiger charge is 2.31. The summed E-state index contributed by atoms with van der Waals surface area (Å²) in [6, 6.07) is 18.1. The Labute approximate surface area is 194 Å². The van der Waals surface area contributed by atoms with E-state index in [4.69, 9.17) is 9.47 Å². The molecule has 1 saturated heterocycles. The second-order valence-electron chi connectivity index (χ2n) is 8.12. The summed E-state index contributed by atoms with van der Waals surface area (Å²) in [4.78, 5) is 18.6. The van der Waals surface area contributed by atoms with Crippen LogP contribution >= 0.6 is 0 Å². The van der Waals surface area contributed by atoms with Gasteiger partial charge in [-0.2, -0.15) is 13.2 Å². The van der Waals surface area contributed by atoms with E-state index < -0.39 is 17.8 Å². The Morgan fingerprint density at radius 2 is 1.68 bits per heavy atom. The average molecular weight is 466 g/mol. The number of benzene rings is 2. The molecule has 2 heterocycles. The number of aromatic nitrogens is 1. The molecule has 1 aromatic heterocycles. The topological polar surface area (TPSA) is 51.7 Å². The summed E-state index contributed by atoms with van der Waals surface area (Å²) in [6.45, 7) is 1.18. The normalized spacial score (nSPS) is 17.2. The Kier molecular flexibility index (Phi) is 5.83. The number of hydrogen-bond acceptors (Lipinski definition) is 4. The fraction of sp³-hybridized carbons (Fsp3) is 0.231. The number of amides is 1. The predicted molar refractivity (Wildman–Crippen MR) is 120 cm³/mol. The second-order valence-corrected chi connectivity index (χ2v) is 8.12. The minimum Gasteiger partial charge on any atom is -0.475 e. The number of nitrogens with zero attached hydrogens (tertiary/aromatic N) is 2. The molecule has 2 aliphatic rings. The van der Waals surface area contributed by atoms with Gasteiger partial charge in [-0.3, -0.25) is 4.79 Å². The summed E-state index contributed by atoms with van der Waals surface area (Å²) in [5.74, 6) is -0.0520. The van der Waals surface area contributed by atoms with Gasteiger partial charge in [0.25, 0.3) is 0 Å². The molecule has 1 unspecified atom stereocenters. The molecule has 1 atom stereocenters. The van der Waals surface area contributed by atoms with Gasteiger partial charge in [0.15, 0.2) is 0 Å². The first kappa shape index (κ1) is 22.2. The van der Waals surface area contributed by atoms with Crippen LogP contribution < -0.4 is 4.74 Å². The van der Waals surface area contributed by atoms with E-state index in [1.54, 1.807) is 11.0 Å². The average Bonchev–Trinajstić information content (AvgIpc) is 3.16. The van der Waals surface area contributed by atoms with Gasteiger partial charge in [0, 0.05) is 24.9 Å². The molecule has 1 fully saturated rings. The minimum atomic E-state index is -4.45. The van der Waals surface area contributed by atoms with Crippen LogP contribution in [0.25, 0.3) is 16.7 Å².